The molecule has 0 bridgehead atoms. The van der Waals surface area contributed by atoms with E-state index in [9.17, 15) is 14.4 Å². The van der Waals surface area contributed by atoms with Crippen LogP contribution in [-0.2, 0) is 4.79 Å². The Hall–Kier alpha value is -3.09. The lowest BCUT2D eigenvalue weighted by atomic mass is 10.0. The average Bonchev–Trinajstić information content (AvgIpc) is 2.64. The van der Waals surface area contributed by atoms with Crippen molar-refractivity contribution in [2.75, 3.05) is 13.7 Å². The Morgan fingerprint density at radius 3 is 2.64 bits per heavy atom. The van der Waals surface area contributed by atoms with Gasteiger partial charge < -0.3 is 20.4 Å². The number of carbonyl (C=O) groups excluding carboxylic acids is 2. The van der Waals surface area contributed by atoms with E-state index in [4.69, 9.17) is 4.74 Å². The number of carbonyl (C=O) groups is 2. The second kappa shape index (κ2) is 8.68. The average molecular weight is 343 g/mol. The fourth-order valence-corrected chi connectivity index (χ4v) is 2.35. The third-order valence-electron chi connectivity index (χ3n) is 3.71. The molecule has 1 heterocycles. The summed E-state index contributed by atoms with van der Waals surface area (Å²) in [7, 11) is 1.53. The predicted octanol–water partition coefficient (Wildman–Crippen LogP) is 1.38. The SMILES string of the molecule is CC[C@@H](NC(=O)c1ccc[nH]c1=O)c1ccccc1OCC(=O)NC. The summed E-state index contributed by atoms with van der Waals surface area (Å²) < 4.78 is 5.55. The molecule has 3 N–H and O–H groups in total. The number of amides is 2. The Morgan fingerprint density at radius 1 is 1.20 bits per heavy atom. The fourth-order valence-electron chi connectivity index (χ4n) is 2.35. The second-order valence-corrected chi connectivity index (χ2v) is 5.35. The van der Waals surface area contributed by atoms with E-state index in [-0.39, 0.29) is 24.1 Å². The molecule has 0 unspecified atom stereocenters. The fraction of sp³-hybridized carbons (Fsp3) is 0.278. The van der Waals surface area contributed by atoms with Gasteiger partial charge in [0.2, 0.25) is 0 Å². The highest BCUT2D eigenvalue weighted by Gasteiger charge is 2.19. The van der Waals surface area contributed by atoms with E-state index in [2.05, 4.69) is 15.6 Å². The highest BCUT2D eigenvalue weighted by molar-refractivity contribution is 5.94. The van der Waals surface area contributed by atoms with Crippen molar-refractivity contribution < 1.29 is 14.3 Å². The lowest BCUT2D eigenvalue weighted by Crippen LogP contribution is -2.32. The van der Waals surface area contributed by atoms with Crippen LogP contribution in [-0.4, -0.2) is 30.5 Å². The molecule has 0 spiro atoms. The smallest absolute Gasteiger partial charge is 0.260 e. The molecule has 0 aliphatic heterocycles. The zero-order chi connectivity index (χ0) is 18.2. The first-order valence-corrected chi connectivity index (χ1v) is 7.97. The van der Waals surface area contributed by atoms with E-state index in [0.717, 1.165) is 5.56 Å². The Balaban J connectivity index is 2.20. The van der Waals surface area contributed by atoms with Gasteiger partial charge in [-0.3, -0.25) is 14.4 Å². The van der Waals surface area contributed by atoms with E-state index in [0.29, 0.717) is 12.2 Å². The molecule has 0 fully saturated rings. The van der Waals surface area contributed by atoms with Crippen molar-refractivity contribution in [1.82, 2.24) is 15.6 Å². The Kier molecular flexibility index (Phi) is 6.33. The molecular weight excluding hydrogens is 322 g/mol. The normalized spacial score (nSPS) is 11.4. The number of para-hydroxylation sites is 1. The summed E-state index contributed by atoms with van der Waals surface area (Å²) in [5.74, 6) is -0.197. The number of nitrogens with one attached hydrogen (secondary N) is 3. The number of ether oxygens (including phenoxy) is 1. The minimum Gasteiger partial charge on any atom is -0.483 e. The molecule has 132 valence electrons. The first kappa shape index (κ1) is 18.3. The largest absolute Gasteiger partial charge is 0.483 e. The van der Waals surface area contributed by atoms with Crippen molar-refractivity contribution in [3.05, 3.63) is 64.1 Å². The first-order chi connectivity index (χ1) is 12.1. The summed E-state index contributed by atoms with van der Waals surface area (Å²) in [5.41, 5.74) is 0.346. The maximum atomic E-state index is 12.4. The first-order valence-electron chi connectivity index (χ1n) is 7.97. The lowest BCUT2D eigenvalue weighted by molar-refractivity contribution is -0.122. The zero-order valence-electron chi connectivity index (χ0n) is 14.2. The minimum atomic E-state index is -0.463. The molecule has 1 aromatic heterocycles. The third-order valence-corrected chi connectivity index (χ3v) is 3.71. The van der Waals surface area contributed by atoms with Gasteiger partial charge in [0.05, 0.1) is 6.04 Å². The number of benzene rings is 1. The number of pyridine rings is 1. The molecular formula is C18H21N3O4. The topological polar surface area (TPSA) is 100 Å². The van der Waals surface area contributed by atoms with Crippen LogP contribution in [0, 0.1) is 0 Å². The lowest BCUT2D eigenvalue weighted by Gasteiger charge is -2.20. The summed E-state index contributed by atoms with van der Waals surface area (Å²) in [5, 5.41) is 5.33. The Labute approximate surface area is 145 Å². The van der Waals surface area contributed by atoms with Crippen LogP contribution in [0.25, 0.3) is 0 Å². The number of H-pyrrole nitrogens is 1. The molecule has 1 atom stereocenters. The highest BCUT2D eigenvalue weighted by Crippen LogP contribution is 2.27. The van der Waals surface area contributed by atoms with Gasteiger partial charge in [-0.05, 0) is 24.6 Å². The van der Waals surface area contributed by atoms with Crippen LogP contribution >= 0.6 is 0 Å². The number of hydrogen-bond acceptors (Lipinski definition) is 4. The van der Waals surface area contributed by atoms with Crippen LogP contribution in [0.15, 0.2) is 47.4 Å². The van der Waals surface area contributed by atoms with Crippen LogP contribution in [0.4, 0.5) is 0 Å². The molecule has 0 aliphatic carbocycles. The Morgan fingerprint density at radius 2 is 1.96 bits per heavy atom. The van der Waals surface area contributed by atoms with Crippen molar-refractivity contribution in [2.24, 2.45) is 0 Å². The van der Waals surface area contributed by atoms with Gasteiger partial charge in [-0.1, -0.05) is 25.1 Å². The molecule has 7 nitrogen and oxygen atoms in total. The summed E-state index contributed by atoms with van der Waals surface area (Å²) in [4.78, 5) is 38.0. The van der Waals surface area contributed by atoms with E-state index in [1.807, 2.05) is 19.1 Å². The van der Waals surface area contributed by atoms with Crippen LogP contribution in [0.1, 0.15) is 35.3 Å². The summed E-state index contributed by atoms with van der Waals surface area (Å²) in [6.45, 7) is 1.80. The van der Waals surface area contributed by atoms with Gasteiger partial charge in [0.1, 0.15) is 11.3 Å². The van der Waals surface area contributed by atoms with Gasteiger partial charge >= 0.3 is 0 Å². The van der Waals surface area contributed by atoms with Crippen molar-refractivity contribution in [3.63, 3.8) is 0 Å². The molecule has 0 aliphatic rings. The number of aromatic nitrogens is 1. The third kappa shape index (κ3) is 4.69. The molecule has 7 heteroatoms. The molecule has 0 saturated carbocycles. The van der Waals surface area contributed by atoms with Crippen molar-refractivity contribution in [2.45, 2.75) is 19.4 Å². The number of hydrogen-bond donors (Lipinski definition) is 3. The van der Waals surface area contributed by atoms with E-state index in [1.54, 1.807) is 18.2 Å². The molecule has 0 radical (unpaired) electrons. The van der Waals surface area contributed by atoms with Gasteiger partial charge in [-0.25, -0.2) is 0 Å². The van der Waals surface area contributed by atoms with Crippen LogP contribution in [0.2, 0.25) is 0 Å². The maximum absolute atomic E-state index is 12.4. The monoisotopic (exact) mass is 343 g/mol. The highest BCUT2D eigenvalue weighted by atomic mass is 16.5. The summed E-state index contributed by atoms with van der Waals surface area (Å²) >= 11 is 0. The maximum Gasteiger partial charge on any atom is 0.260 e. The van der Waals surface area contributed by atoms with Crippen molar-refractivity contribution >= 4 is 11.8 Å². The molecule has 25 heavy (non-hydrogen) atoms. The minimum absolute atomic E-state index is 0.0460. The van der Waals surface area contributed by atoms with E-state index in [1.165, 1.54) is 19.3 Å². The zero-order valence-corrected chi connectivity index (χ0v) is 14.2. The van der Waals surface area contributed by atoms with Crippen LogP contribution < -0.4 is 20.9 Å². The van der Waals surface area contributed by atoms with Crippen LogP contribution in [0.5, 0.6) is 5.75 Å². The molecule has 1 aromatic carbocycles. The number of aromatic amines is 1. The van der Waals surface area contributed by atoms with Crippen LogP contribution in [0.3, 0.4) is 0 Å². The van der Waals surface area contributed by atoms with E-state index < -0.39 is 11.5 Å². The standard InChI is InChI=1S/C18H21N3O4/c1-3-14(21-18(24)13-8-6-10-20-17(13)23)12-7-4-5-9-15(12)25-11-16(22)19-2/h4-10,14H,3,11H2,1-2H3,(H,19,22)(H,20,23)(H,21,24)/t14-/m1/s1. The number of likely N-dealkylation sites (N-methyl/N-ethyl adjacent to an activating group) is 1. The van der Waals surface area contributed by atoms with Crippen molar-refractivity contribution in [3.8, 4) is 5.75 Å². The second-order valence-electron chi connectivity index (χ2n) is 5.35. The van der Waals surface area contributed by atoms with Gasteiger partial charge in [0, 0.05) is 18.8 Å². The molecule has 0 saturated heterocycles. The van der Waals surface area contributed by atoms with Gasteiger partial charge in [-0.2, -0.15) is 0 Å². The molecule has 2 aromatic rings. The Bertz CT molecular complexity index is 801. The van der Waals surface area contributed by atoms with Crippen molar-refractivity contribution in [1.29, 1.82) is 0 Å². The predicted molar refractivity (Wildman–Crippen MR) is 93.6 cm³/mol. The van der Waals surface area contributed by atoms with Gasteiger partial charge in [0.25, 0.3) is 17.4 Å². The van der Waals surface area contributed by atoms with Gasteiger partial charge in [0.15, 0.2) is 6.61 Å². The molecule has 2 amide bonds. The van der Waals surface area contributed by atoms with Gasteiger partial charge in [-0.15, -0.1) is 0 Å². The summed E-state index contributed by atoms with van der Waals surface area (Å²) in [6, 6.07) is 9.89. The quantitative estimate of drug-likeness (QED) is 0.707. The number of rotatable bonds is 7. The molecule has 2 rings (SSSR count). The summed E-state index contributed by atoms with van der Waals surface area (Å²) in [6.07, 6.45) is 2.06. The van der Waals surface area contributed by atoms with E-state index >= 15 is 0 Å².